The third-order valence-electron chi connectivity index (χ3n) is 5.15. The first-order valence-electron chi connectivity index (χ1n) is 9.84. The van der Waals surface area contributed by atoms with E-state index in [2.05, 4.69) is 24.1 Å². The molecule has 2 saturated heterocycles. The maximum atomic E-state index is 5.49. The molecule has 26 heavy (non-hydrogen) atoms. The predicted molar refractivity (Wildman–Crippen MR) is 116 cm³/mol. The van der Waals surface area contributed by atoms with E-state index in [-0.39, 0.29) is 24.0 Å². The second-order valence-corrected chi connectivity index (χ2v) is 7.88. The zero-order valence-electron chi connectivity index (χ0n) is 16.2. The molecule has 2 aliphatic rings. The monoisotopic (exact) mass is 475 g/mol. The molecule has 3 heterocycles. The molecule has 0 amide bonds. The van der Waals surface area contributed by atoms with Crippen LogP contribution < -0.4 is 5.32 Å². The minimum atomic E-state index is 0. The van der Waals surface area contributed by atoms with Crippen LogP contribution in [0.4, 0.5) is 0 Å². The maximum Gasteiger partial charge on any atom is 0.193 e. The molecule has 5 nitrogen and oxygen atoms in total. The average Bonchev–Trinajstić information content (AvgIpc) is 3.32. The Labute approximate surface area is 175 Å². The minimum absolute atomic E-state index is 0. The van der Waals surface area contributed by atoms with Crippen LogP contribution in [0.25, 0.3) is 0 Å². The molecule has 0 saturated carbocycles. The molecule has 0 aliphatic carbocycles. The van der Waals surface area contributed by atoms with Gasteiger partial charge in [0.15, 0.2) is 5.96 Å². The Hall–Kier alpha value is -0.760. The zero-order chi connectivity index (χ0) is 17.5. The molecule has 148 valence electrons. The van der Waals surface area contributed by atoms with Gasteiger partial charge in [-0.25, -0.2) is 0 Å². The van der Waals surface area contributed by atoms with Gasteiger partial charge in [-0.3, -0.25) is 4.99 Å². The van der Waals surface area contributed by atoms with Gasteiger partial charge >= 0.3 is 0 Å². The number of guanidine groups is 1. The third-order valence-corrected chi connectivity index (χ3v) is 5.15. The highest BCUT2D eigenvalue weighted by Gasteiger charge is 2.26. The van der Waals surface area contributed by atoms with E-state index < -0.39 is 0 Å². The Morgan fingerprint density at radius 2 is 2.23 bits per heavy atom. The van der Waals surface area contributed by atoms with E-state index in [1.807, 2.05) is 12.1 Å². The Morgan fingerprint density at radius 1 is 1.35 bits per heavy atom. The Balaban J connectivity index is 0.00000243. The lowest BCUT2D eigenvalue weighted by Crippen LogP contribution is -2.41. The number of nitrogens with one attached hydrogen (secondary N) is 1. The number of hydrogen-bond acceptors (Lipinski definition) is 3. The summed E-state index contributed by atoms with van der Waals surface area (Å²) in [5.74, 6) is 4.25. The van der Waals surface area contributed by atoms with Gasteiger partial charge in [-0.2, -0.15) is 0 Å². The summed E-state index contributed by atoms with van der Waals surface area (Å²) in [5.41, 5.74) is 0. The van der Waals surface area contributed by atoms with Crippen molar-refractivity contribution in [2.45, 2.75) is 39.5 Å². The molecular formula is C20H34IN3O2. The lowest BCUT2D eigenvalue weighted by atomic mass is 9.97. The first-order chi connectivity index (χ1) is 12.2. The molecule has 1 aromatic heterocycles. The van der Waals surface area contributed by atoms with Crippen LogP contribution in [0.15, 0.2) is 27.8 Å². The van der Waals surface area contributed by atoms with Gasteiger partial charge < -0.3 is 19.4 Å². The van der Waals surface area contributed by atoms with Gasteiger partial charge in [0.2, 0.25) is 0 Å². The summed E-state index contributed by atoms with van der Waals surface area (Å²) < 4.78 is 10.9. The number of hydrogen-bond donors (Lipinski definition) is 1. The highest BCUT2D eigenvalue weighted by Crippen LogP contribution is 2.23. The van der Waals surface area contributed by atoms with E-state index >= 15 is 0 Å². The van der Waals surface area contributed by atoms with E-state index in [0.29, 0.717) is 5.92 Å². The molecule has 1 aromatic rings. The van der Waals surface area contributed by atoms with Crippen LogP contribution >= 0.6 is 24.0 Å². The Kier molecular flexibility index (Phi) is 9.25. The van der Waals surface area contributed by atoms with Crippen LogP contribution in [0.5, 0.6) is 0 Å². The standard InChI is InChI=1S/C20H33N3O2.HI/c1-16(2)12-17-6-9-23(14-17)20(22-13-18-7-11-24-15-18)21-8-5-19-4-3-10-25-19;/h3-4,10,16-18H,5-9,11-15H2,1-2H3,(H,21,22);1H. The molecule has 0 bridgehead atoms. The molecule has 2 unspecified atom stereocenters. The number of halogens is 1. The van der Waals surface area contributed by atoms with Crippen LogP contribution in [0.3, 0.4) is 0 Å². The van der Waals surface area contributed by atoms with Crippen LogP contribution in [-0.4, -0.2) is 50.3 Å². The van der Waals surface area contributed by atoms with Crippen molar-refractivity contribution in [1.29, 1.82) is 0 Å². The van der Waals surface area contributed by atoms with Gasteiger partial charge in [0, 0.05) is 45.1 Å². The van der Waals surface area contributed by atoms with Crippen LogP contribution in [0.1, 0.15) is 38.9 Å². The van der Waals surface area contributed by atoms with E-state index in [0.717, 1.165) is 75.8 Å². The molecule has 6 heteroatoms. The highest BCUT2D eigenvalue weighted by molar-refractivity contribution is 14.0. The summed E-state index contributed by atoms with van der Waals surface area (Å²) in [6.07, 6.45) is 6.36. The zero-order valence-corrected chi connectivity index (χ0v) is 18.5. The third kappa shape index (κ3) is 6.76. The molecule has 3 rings (SSSR count). The number of likely N-dealkylation sites (tertiary alicyclic amines) is 1. The molecule has 1 N–H and O–H groups in total. The van der Waals surface area contributed by atoms with Crippen molar-refractivity contribution in [3.63, 3.8) is 0 Å². The first kappa shape index (κ1) is 21.5. The second kappa shape index (κ2) is 11.2. The molecule has 0 radical (unpaired) electrons. The molecule has 2 aliphatic heterocycles. The minimum Gasteiger partial charge on any atom is -0.469 e. The summed E-state index contributed by atoms with van der Waals surface area (Å²) in [6.45, 7) is 10.4. The van der Waals surface area contributed by atoms with Crippen LogP contribution in [0.2, 0.25) is 0 Å². The van der Waals surface area contributed by atoms with Crippen molar-refractivity contribution >= 4 is 29.9 Å². The Bertz CT molecular complexity index is 527. The maximum absolute atomic E-state index is 5.49. The van der Waals surface area contributed by atoms with E-state index in [1.54, 1.807) is 6.26 Å². The van der Waals surface area contributed by atoms with Gasteiger partial charge in [0.25, 0.3) is 0 Å². The van der Waals surface area contributed by atoms with Gasteiger partial charge in [-0.1, -0.05) is 13.8 Å². The SMILES string of the molecule is CC(C)CC1CCN(C(=NCC2CCOC2)NCCc2ccco2)C1.I. The quantitative estimate of drug-likeness (QED) is 0.371. The topological polar surface area (TPSA) is 50.0 Å². The van der Waals surface area contributed by atoms with Gasteiger partial charge in [-0.15, -0.1) is 24.0 Å². The van der Waals surface area contributed by atoms with Crippen LogP contribution in [0, 0.1) is 17.8 Å². The van der Waals surface area contributed by atoms with E-state index in [1.165, 1.54) is 12.8 Å². The van der Waals surface area contributed by atoms with Gasteiger partial charge in [-0.05, 0) is 43.2 Å². The van der Waals surface area contributed by atoms with Crippen molar-refractivity contribution in [3.05, 3.63) is 24.2 Å². The fraction of sp³-hybridized carbons (Fsp3) is 0.750. The van der Waals surface area contributed by atoms with Gasteiger partial charge in [0.1, 0.15) is 5.76 Å². The normalized spacial score (nSPS) is 23.5. The number of ether oxygens (including phenoxy) is 1. The summed E-state index contributed by atoms with van der Waals surface area (Å²) in [5, 5.41) is 3.57. The second-order valence-electron chi connectivity index (χ2n) is 7.88. The van der Waals surface area contributed by atoms with Crippen molar-refractivity contribution in [2.75, 3.05) is 39.4 Å². The summed E-state index contributed by atoms with van der Waals surface area (Å²) in [6, 6.07) is 3.98. The number of aliphatic imine (C=N–C) groups is 1. The summed E-state index contributed by atoms with van der Waals surface area (Å²) in [7, 11) is 0. The molecule has 2 atom stereocenters. The number of furan rings is 1. The molecule has 0 aromatic carbocycles. The molecule has 0 spiro atoms. The van der Waals surface area contributed by atoms with Crippen molar-refractivity contribution < 1.29 is 9.15 Å². The first-order valence-corrected chi connectivity index (χ1v) is 9.84. The smallest absolute Gasteiger partial charge is 0.193 e. The van der Waals surface area contributed by atoms with Gasteiger partial charge in [0.05, 0.1) is 12.9 Å². The number of rotatable bonds is 7. The van der Waals surface area contributed by atoms with Crippen molar-refractivity contribution in [3.8, 4) is 0 Å². The van der Waals surface area contributed by atoms with Crippen molar-refractivity contribution in [2.24, 2.45) is 22.7 Å². The lowest BCUT2D eigenvalue weighted by Gasteiger charge is -2.23. The number of nitrogens with zero attached hydrogens (tertiary/aromatic N) is 2. The summed E-state index contributed by atoms with van der Waals surface area (Å²) >= 11 is 0. The van der Waals surface area contributed by atoms with E-state index in [4.69, 9.17) is 14.1 Å². The Morgan fingerprint density at radius 3 is 2.92 bits per heavy atom. The highest BCUT2D eigenvalue weighted by atomic mass is 127. The van der Waals surface area contributed by atoms with Crippen LogP contribution in [-0.2, 0) is 11.2 Å². The van der Waals surface area contributed by atoms with E-state index in [9.17, 15) is 0 Å². The molecule has 2 fully saturated rings. The average molecular weight is 475 g/mol. The fourth-order valence-electron chi connectivity index (χ4n) is 3.85. The summed E-state index contributed by atoms with van der Waals surface area (Å²) in [4.78, 5) is 7.39. The lowest BCUT2D eigenvalue weighted by molar-refractivity contribution is 0.187. The molecular weight excluding hydrogens is 441 g/mol. The van der Waals surface area contributed by atoms with Crippen molar-refractivity contribution in [1.82, 2.24) is 10.2 Å². The fourth-order valence-corrected chi connectivity index (χ4v) is 3.85. The predicted octanol–water partition coefficient (Wildman–Crippen LogP) is 3.79. The largest absolute Gasteiger partial charge is 0.469 e.